The maximum Gasteiger partial charge on any atom is 0.274 e. The maximum absolute atomic E-state index is 12.8. The first kappa shape index (κ1) is 19.1. The summed E-state index contributed by atoms with van der Waals surface area (Å²) in [4.78, 5) is 38.2. The van der Waals surface area contributed by atoms with E-state index in [9.17, 15) is 9.59 Å². The molecule has 0 radical (unpaired) electrons. The van der Waals surface area contributed by atoms with Crippen LogP contribution in [-0.2, 0) is 4.79 Å². The molecule has 0 aliphatic heterocycles. The van der Waals surface area contributed by atoms with Gasteiger partial charge < -0.3 is 15.2 Å². The minimum atomic E-state index is -0.141. The van der Waals surface area contributed by atoms with E-state index in [1.807, 2.05) is 37.4 Å². The highest BCUT2D eigenvalue weighted by Crippen LogP contribution is 2.25. The molecule has 7 nitrogen and oxygen atoms in total. The van der Waals surface area contributed by atoms with Crippen LogP contribution in [-0.4, -0.2) is 50.8 Å². The van der Waals surface area contributed by atoms with Crippen molar-refractivity contribution >= 4 is 22.7 Å². The van der Waals surface area contributed by atoms with Gasteiger partial charge in [-0.15, -0.1) is 0 Å². The number of nitrogens with one attached hydrogen (secondary N) is 2. The molecule has 2 unspecified atom stereocenters. The quantitative estimate of drug-likeness (QED) is 0.699. The van der Waals surface area contributed by atoms with Crippen LogP contribution in [0.5, 0.6) is 0 Å². The third-order valence-electron chi connectivity index (χ3n) is 5.68. The number of benzene rings is 1. The average Bonchev–Trinajstić information content (AvgIpc) is 3.41. The molecule has 1 aromatic carbocycles. The van der Waals surface area contributed by atoms with Gasteiger partial charge in [-0.1, -0.05) is 13.0 Å². The second-order valence-corrected chi connectivity index (χ2v) is 7.57. The third kappa shape index (κ3) is 3.99. The number of aromatic amines is 1. The molecule has 0 saturated heterocycles. The van der Waals surface area contributed by atoms with Crippen molar-refractivity contribution in [1.82, 2.24) is 25.2 Å². The van der Waals surface area contributed by atoms with Gasteiger partial charge in [0, 0.05) is 48.2 Å². The molecule has 29 heavy (non-hydrogen) atoms. The molecule has 4 rings (SSSR count). The second kappa shape index (κ2) is 8.03. The van der Waals surface area contributed by atoms with Gasteiger partial charge in [0.25, 0.3) is 5.91 Å². The highest BCUT2D eigenvalue weighted by atomic mass is 16.2. The molecule has 2 amide bonds. The highest BCUT2D eigenvalue weighted by molar-refractivity contribution is 5.92. The lowest BCUT2D eigenvalue weighted by atomic mass is 10.1. The van der Waals surface area contributed by atoms with E-state index >= 15 is 0 Å². The highest BCUT2D eigenvalue weighted by Gasteiger charge is 2.31. The van der Waals surface area contributed by atoms with Gasteiger partial charge in [-0.2, -0.15) is 0 Å². The summed E-state index contributed by atoms with van der Waals surface area (Å²) in [6.45, 7) is 1.84. The van der Waals surface area contributed by atoms with Gasteiger partial charge in [-0.3, -0.25) is 14.6 Å². The Morgan fingerprint density at radius 1 is 1.21 bits per heavy atom. The molecule has 0 bridgehead atoms. The zero-order valence-corrected chi connectivity index (χ0v) is 16.7. The van der Waals surface area contributed by atoms with E-state index in [1.165, 1.54) is 0 Å². The molecule has 2 heterocycles. The fourth-order valence-corrected chi connectivity index (χ4v) is 3.92. The summed E-state index contributed by atoms with van der Waals surface area (Å²) in [5, 5.41) is 4.13. The molecule has 1 saturated carbocycles. The van der Waals surface area contributed by atoms with Gasteiger partial charge in [0.15, 0.2) is 0 Å². The summed E-state index contributed by atoms with van der Waals surface area (Å²) in [6.07, 6.45) is 8.11. The Morgan fingerprint density at radius 2 is 2.07 bits per heavy atom. The Morgan fingerprint density at radius 3 is 2.83 bits per heavy atom. The van der Waals surface area contributed by atoms with Gasteiger partial charge in [0.05, 0.1) is 18.1 Å². The summed E-state index contributed by atoms with van der Waals surface area (Å²) in [5.74, 6) is -0.0819. The summed E-state index contributed by atoms with van der Waals surface area (Å²) in [5.41, 5.74) is 3.10. The smallest absolute Gasteiger partial charge is 0.274 e. The van der Waals surface area contributed by atoms with Crippen LogP contribution in [0.2, 0.25) is 0 Å². The zero-order valence-electron chi connectivity index (χ0n) is 16.7. The van der Waals surface area contributed by atoms with E-state index in [4.69, 9.17) is 0 Å². The van der Waals surface area contributed by atoms with Crippen molar-refractivity contribution in [3.63, 3.8) is 0 Å². The van der Waals surface area contributed by atoms with Crippen molar-refractivity contribution in [2.75, 3.05) is 7.05 Å². The van der Waals surface area contributed by atoms with Crippen LogP contribution in [0.15, 0.2) is 42.9 Å². The summed E-state index contributed by atoms with van der Waals surface area (Å²) in [6, 6.07) is 8.29. The molecule has 7 heteroatoms. The number of carbonyl (C=O) groups is 2. The van der Waals surface area contributed by atoms with Crippen molar-refractivity contribution in [1.29, 1.82) is 0 Å². The molecule has 0 spiro atoms. The largest absolute Gasteiger partial charge is 0.361 e. The standard InChI is InChI=1S/C22H25N5O2/c1-3-21(28)26-16-5-6-17(11-16)27(2)22(29)20-13-24-19(12-25-20)14-4-7-18-15(10-14)8-9-23-18/h4,7-10,12-13,16-17,23H,3,5-6,11H2,1-2H3,(H,26,28). The number of hydrogen-bond acceptors (Lipinski definition) is 4. The topological polar surface area (TPSA) is 91.0 Å². The molecule has 1 aliphatic rings. The Bertz CT molecular complexity index is 1030. The molecule has 1 fully saturated rings. The fourth-order valence-electron chi connectivity index (χ4n) is 3.92. The lowest BCUT2D eigenvalue weighted by molar-refractivity contribution is -0.121. The van der Waals surface area contributed by atoms with E-state index in [0.717, 1.165) is 41.4 Å². The number of H-pyrrole nitrogens is 1. The molecule has 1 aliphatic carbocycles. The van der Waals surface area contributed by atoms with Gasteiger partial charge in [-0.25, -0.2) is 4.98 Å². The van der Waals surface area contributed by atoms with E-state index in [0.29, 0.717) is 12.1 Å². The Kier molecular flexibility index (Phi) is 5.29. The van der Waals surface area contributed by atoms with Gasteiger partial charge in [0.1, 0.15) is 5.69 Å². The molecule has 2 N–H and O–H groups in total. The molecular formula is C22H25N5O2. The van der Waals surface area contributed by atoms with Crippen LogP contribution in [0.4, 0.5) is 0 Å². The predicted molar refractivity (Wildman–Crippen MR) is 111 cm³/mol. The van der Waals surface area contributed by atoms with Crippen LogP contribution in [0.25, 0.3) is 22.2 Å². The minimum Gasteiger partial charge on any atom is -0.361 e. The maximum atomic E-state index is 12.8. The van der Waals surface area contributed by atoms with Crippen LogP contribution in [0.1, 0.15) is 43.1 Å². The SMILES string of the molecule is CCC(=O)NC1CCC(N(C)C(=O)c2cnc(-c3ccc4[nH]ccc4c3)cn2)C1. The van der Waals surface area contributed by atoms with Crippen molar-refractivity contribution in [2.24, 2.45) is 0 Å². The number of amides is 2. The van der Waals surface area contributed by atoms with E-state index in [2.05, 4.69) is 20.3 Å². The van der Waals surface area contributed by atoms with Crippen molar-refractivity contribution in [3.05, 3.63) is 48.5 Å². The van der Waals surface area contributed by atoms with Gasteiger partial charge in [-0.05, 0) is 37.5 Å². The first-order valence-corrected chi connectivity index (χ1v) is 10.0. The number of hydrogen-bond donors (Lipinski definition) is 2. The molecule has 2 aromatic heterocycles. The predicted octanol–water partition coefficient (Wildman–Crippen LogP) is 3.14. The lowest BCUT2D eigenvalue weighted by Crippen LogP contribution is -2.38. The first-order valence-electron chi connectivity index (χ1n) is 10.0. The summed E-state index contributed by atoms with van der Waals surface area (Å²) < 4.78 is 0. The van der Waals surface area contributed by atoms with Crippen molar-refractivity contribution in [3.8, 4) is 11.3 Å². The minimum absolute atomic E-state index is 0.0592. The normalized spacial score (nSPS) is 18.7. The van der Waals surface area contributed by atoms with Gasteiger partial charge >= 0.3 is 0 Å². The summed E-state index contributed by atoms with van der Waals surface area (Å²) in [7, 11) is 1.80. The average molecular weight is 391 g/mol. The molecule has 3 aromatic rings. The zero-order chi connectivity index (χ0) is 20.4. The monoisotopic (exact) mass is 391 g/mol. The Hall–Kier alpha value is -3.22. The molecule has 2 atom stereocenters. The number of aromatic nitrogens is 3. The number of fused-ring (bicyclic) bond motifs is 1. The van der Waals surface area contributed by atoms with E-state index < -0.39 is 0 Å². The van der Waals surface area contributed by atoms with Crippen LogP contribution in [0.3, 0.4) is 0 Å². The fraction of sp³-hybridized carbons (Fsp3) is 0.364. The first-order chi connectivity index (χ1) is 14.0. The summed E-state index contributed by atoms with van der Waals surface area (Å²) >= 11 is 0. The number of rotatable bonds is 5. The van der Waals surface area contributed by atoms with E-state index in [-0.39, 0.29) is 23.9 Å². The van der Waals surface area contributed by atoms with Gasteiger partial charge in [0.2, 0.25) is 5.91 Å². The lowest BCUT2D eigenvalue weighted by Gasteiger charge is -2.24. The Balaban J connectivity index is 1.43. The van der Waals surface area contributed by atoms with Crippen LogP contribution < -0.4 is 5.32 Å². The van der Waals surface area contributed by atoms with Crippen LogP contribution >= 0.6 is 0 Å². The molecular weight excluding hydrogens is 366 g/mol. The van der Waals surface area contributed by atoms with Crippen molar-refractivity contribution < 1.29 is 9.59 Å². The van der Waals surface area contributed by atoms with Crippen LogP contribution in [0, 0.1) is 0 Å². The van der Waals surface area contributed by atoms with Crippen molar-refractivity contribution in [2.45, 2.75) is 44.7 Å². The van der Waals surface area contributed by atoms with E-state index in [1.54, 1.807) is 24.3 Å². The third-order valence-corrected chi connectivity index (χ3v) is 5.68. The Labute approximate surface area is 169 Å². The molecule has 150 valence electrons. The number of carbonyl (C=O) groups excluding carboxylic acids is 2. The number of nitrogens with zero attached hydrogens (tertiary/aromatic N) is 3. The second-order valence-electron chi connectivity index (χ2n) is 7.57.